The number of aryl methyl sites for hydroxylation is 2. The van der Waals surface area contributed by atoms with Gasteiger partial charge in [-0.15, -0.1) is 0 Å². The standard InChI is InChI=1S/C27H20F2N4O/c1-16-6-10-19(11-7-16)32-27(34)21-14-18(9-8-17(21)2)24-12-13-30-26-22(15-31-33(24)26)20-4-3-5-23(28)25(20)29/h3-15,26H,1-2H3/p+1. The second-order valence-corrected chi connectivity index (χ2v) is 8.22. The molecule has 1 atom stereocenters. The van der Waals surface area contributed by atoms with E-state index in [4.69, 9.17) is 0 Å². The van der Waals surface area contributed by atoms with Crippen LogP contribution in [0.15, 0.2) is 83.0 Å². The Morgan fingerprint density at radius 2 is 1.82 bits per heavy atom. The van der Waals surface area contributed by atoms with Crippen molar-refractivity contribution in [3.05, 3.63) is 112 Å². The van der Waals surface area contributed by atoms with Crippen LogP contribution in [0.2, 0.25) is 0 Å². The molecule has 1 N–H and O–H groups in total. The zero-order valence-corrected chi connectivity index (χ0v) is 18.6. The number of carbonyl (C=O) groups is 1. The first kappa shape index (κ1) is 21.6. The second kappa shape index (κ2) is 8.59. The highest BCUT2D eigenvalue weighted by Gasteiger charge is 2.39. The maximum Gasteiger partial charge on any atom is 0.305 e. The van der Waals surface area contributed by atoms with E-state index in [0.717, 1.165) is 22.8 Å². The Labute approximate surface area is 195 Å². The monoisotopic (exact) mass is 455 g/mol. The summed E-state index contributed by atoms with van der Waals surface area (Å²) in [7, 11) is 0. The van der Waals surface area contributed by atoms with Gasteiger partial charge in [0.15, 0.2) is 11.6 Å². The van der Waals surface area contributed by atoms with Crippen molar-refractivity contribution in [1.82, 2.24) is 0 Å². The molecule has 1 unspecified atom stereocenters. The van der Waals surface area contributed by atoms with Crippen LogP contribution in [0.25, 0.3) is 11.3 Å². The Morgan fingerprint density at radius 3 is 2.62 bits per heavy atom. The number of amides is 1. The number of aliphatic imine (C=N–C) groups is 1. The van der Waals surface area contributed by atoms with Crippen LogP contribution < -0.4 is 5.32 Å². The topological polar surface area (TPSA) is 56.8 Å². The zero-order valence-electron chi connectivity index (χ0n) is 18.6. The van der Waals surface area contributed by atoms with E-state index in [9.17, 15) is 13.6 Å². The number of allylic oxidation sites excluding steroid dienone is 1. The lowest BCUT2D eigenvalue weighted by Gasteiger charge is -2.14. The average Bonchev–Trinajstić information content (AvgIpc) is 3.27. The summed E-state index contributed by atoms with van der Waals surface area (Å²) < 4.78 is 29.9. The molecule has 7 heteroatoms. The first-order valence-electron chi connectivity index (χ1n) is 10.8. The number of nitrogens with zero attached hydrogens (tertiary/aromatic N) is 3. The third-order valence-electron chi connectivity index (χ3n) is 5.89. The number of carbonyl (C=O) groups excluding carboxylic acids is 1. The van der Waals surface area contributed by atoms with E-state index in [1.807, 2.05) is 50.2 Å². The van der Waals surface area contributed by atoms with Gasteiger partial charge < -0.3 is 5.32 Å². The van der Waals surface area contributed by atoms with Gasteiger partial charge >= 0.3 is 6.17 Å². The quantitative estimate of drug-likeness (QED) is 0.475. The van der Waals surface area contributed by atoms with Crippen molar-refractivity contribution >= 4 is 29.1 Å². The summed E-state index contributed by atoms with van der Waals surface area (Å²) in [4.78, 5) is 17.4. The van der Waals surface area contributed by atoms with Crippen LogP contribution in [0.5, 0.6) is 0 Å². The Morgan fingerprint density at radius 1 is 1.03 bits per heavy atom. The fourth-order valence-electron chi connectivity index (χ4n) is 4.02. The summed E-state index contributed by atoms with van der Waals surface area (Å²) in [6, 6.07) is 17.2. The van der Waals surface area contributed by atoms with Gasteiger partial charge in [-0.2, -0.15) is 0 Å². The number of fused-ring (bicyclic) bond motifs is 1. The van der Waals surface area contributed by atoms with Gasteiger partial charge in [0.25, 0.3) is 5.91 Å². The van der Waals surface area contributed by atoms with Gasteiger partial charge in [-0.3, -0.25) is 4.79 Å². The molecule has 1 amide bonds. The van der Waals surface area contributed by atoms with Crippen LogP contribution in [0.1, 0.15) is 32.6 Å². The number of rotatable bonds is 4. The first-order valence-corrected chi connectivity index (χ1v) is 10.8. The predicted molar refractivity (Wildman–Crippen MR) is 128 cm³/mol. The molecule has 0 saturated heterocycles. The lowest BCUT2D eigenvalue weighted by molar-refractivity contribution is -0.519. The van der Waals surface area contributed by atoms with Gasteiger partial charge in [-0.25, -0.2) is 13.8 Å². The van der Waals surface area contributed by atoms with Gasteiger partial charge in [-0.05, 0) is 54.9 Å². The molecule has 0 aliphatic carbocycles. The third kappa shape index (κ3) is 3.85. The molecule has 0 fully saturated rings. The number of anilines is 1. The number of hydrogen-bond donors (Lipinski definition) is 1. The summed E-state index contributed by atoms with van der Waals surface area (Å²) in [5.41, 5.74) is 5.22. The molecule has 3 aromatic carbocycles. The highest BCUT2D eigenvalue weighted by atomic mass is 19.2. The number of hydrogen-bond acceptors (Lipinski definition) is 3. The number of nitrogens with one attached hydrogen (secondary N) is 1. The van der Waals surface area contributed by atoms with Crippen molar-refractivity contribution in [2.24, 2.45) is 10.1 Å². The van der Waals surface area contributed by atoms with E-state index in [1.54, 1.807) is 23.1 Å². The van der Waals surface area contributed by atoms with Crippen LogP contribution >= 0.6 is 0 Å². The summed E-state index contributed by atoms with van der Waals surface area (Å²) in [6.07, 6.45) is 4.28. The molecule has 0 bridgehead atoms. The normalized spacial score (nSPS) is 16.5. The molecular formula is C27H21F2N4O+. The van der Waals surface area contributed by atoms with E-state index < -0.39 is 17.8 Å². The molecule has 0 radical (unpaired) electrons. The minimum absolute atomic E-state index is 0.122. The number of azo groups is 2. The molecule has 5 rings (SSSR count). The molecular weight excluding hydrogens is 434 g/mol. The molecule has 2 aliphatic heterocycles. The Balaban J connectivity index is 1.43. The lowest BCUT2D eigenvalue weighted by atomic mass is 9.99. The highest BCUT2D eigenvalue weighted by Crippen LogP contribution is 2.35. The van der Waals surface area contributed by atoms with Crippen molar-refractivity contribution in [1.29, 1.82) is 0 Å². The molecule has 0 spiro atoms. The minimum atomic E-state index is -0.928. The van der Waals surface area contributed by atoms with E-state index in [-0.39, 0.29) is 11.5 Å². The van der Waals surface area contributed by atoms with Crippen molar-refractivity contribution in [2.75, 3.05) is 5.32 Å². The summed E-state index contributed by atoms with van der Waals surface area (Å²) in [5.74, 6) is -2.07. The molecule has 3 aromatic rings. The van der Waals surface area contributed by atoms with Gasteiger partial charge in [-0.1, -0.05) is 40.6 Å². The molecule has 34 heavy (non-hydrogen) atoms. The summed E-state index contributed by atoms with van der Waals surface area (Å²) in [6.45, 7) is 3.86. The molecule has 0 saturated carbocycles. The highest BCUT2D eigenvalue weighted by molar-refractivity contribution is 6.05. The van der Waals surface area contributed by atoms with Crippen LogP contribution in [0, 0.1) is 25.5 Å². The van der Waals surface area contributed by atoms with Crippen molar-refractivity contribution in [3.63, 3.8) is 0 Å². The predicted octanol–water partition coefficient (Wildman–Crippen LogP) is 6.10. The van der Waals surface area contributed by atoms with Gasteiger partial charge in [0.2, 0.25) is 5.70 Å². The van der Waals surface area contributed by atoms with Crippen molar-refractivity contribution in [3.8, 4) is 0 Å². The fraction of sp³-hybridized carbons (Fsp3) is 0.111. The minimum Gasteiger partial charge on any atom is -0.322 e. The maximum absolute atomic E-state index is 14.4. The molecule has 2 aliphatic rings. The lowest BCUT2D eigenvalue weighted by Crippen LogP contribution is -2.24. The van der Waals surface area contributed by atoms with E-state index >= 15 is 0 Å². The first-order chi connectivity index (χ1) is 16.4. The van der Waals surface area contributed by atoms with Crippen LogP contribution in [0.3, 0.4) is 0 Å². The number of benzene rings is 3. The second-order valence-electron chi connectivity index (χ2n) is 8.22. The van der Waals surface area contributed by atoms with Crippen molar-refractivity contribution in [2.45, 2.75) is 20.0 Å². The number of halogens is 2. The third-order valence-corrected chi connectivity index (χ3v) is 5.89. The Kier molecular flexibility index (Phi) is 5.45. The van der Waals surface area contributed by atoms with Gasteiger partial charge in [0.05, 0.1) is 5.57 Å². The zero-order chi connectivity index (χ0) is 23.8. The average molecular weight is 455 g/mol. The Bertz CT molecular complexity index is 1440. The largest absolute Gasteiger partial charge is 0.322 e. The summed E-state index contributed by atoms with van der Waals surface area (Å²) >= 11 is 0. The van der Waals surface area contributed by atoms with E-state index in [1.165, 1.54) is 18.3 Å². The maximum atomic E-state index is 14.4. The van der Waals surface area contributed by atoms with E-state index in [2.05, 4.69) is 15.4 Å². The Hall–Kier alpha value is -4.26. The van der Waals surface area contributed by atoms with Crippen LogP contribution in [-0.2, 0) is 0 Å². The van der Waals surface area contributed by atoms with Crippen LogP contribution in [0.4, 0.5) is 14.5 Å². The molecule has 168 valence electrons. The van der Waals surface area contributed by atoms with Gasteiger partial charge in [0, 0.05) is 34.7 Å². The fourth-order valence-corrected chi connectivity index (χ4v) is 4.02. The SMILES string of the molecule is Cc1ccc(NC(=O)c2cc(C3=CC=NC4C(c5cccc(F)c5F)=CN=[N+]34)ccc2C)cc1. The van der Waals surface area contributed by atoms with Crippen molar-refractivity contribution < 1.29 is 18.3 Å². The summed E-state index contributed by atoms with van der Waals surface area (Å²) in [5, 5.41) is 7.35. The molecule has 5 nitrogen and oxygen atoms in total. The van der Waals surface area contributed by atoms with Crippen LogP contribution in [-0.4, -0.2) is 23.0 Å². The van der Waals surface area contributed by atoms with Gasteiger partial charge in [0.1, 0.15) is 6.20 Å². The molecule has 2 heterocycles. The molecule has 0 aromatic heterocycles. The smallest absolute Gasteiger partial charge is 0.305 e. The van der Waals surface area contributed by atoms with E-state index in [0.29, 0.717) is 22.5 Å².